The zero-order chi connectivity index (χ0) is 15.9. The second-order valence-corrected chi connectivity index (χ2v) is 7.40. The van der Waals surface area contributed by atoms with Crippen molar-refractivity contribution < 1.29 is 4.79 Å². The minimum atomic E-state index is -0.0664. The topological polar surface area (TPSA) is 67.2 Å². The maximum Gasteiger partial charge on any atom is 0.266 e. The molecular formula is C16H24N4O2. The average Bonchev–Trinajstić information content (AvgIpc) is 2.80. The van der Waals surface area contributed by atoms with E-state index in [0.29, 0.717) is 12.5 Å². The molecule has 3 heterocycles. The molecule has 1 unspecified atom stereocenters. The number of nitrogens with zero attached hydrogens (tertiary/aromatic N) is 3. The van der Waals surface area contributed by atoms with Crippen LogP contribution in [0.2, 0.25) is 0 Å². The maximum absolute atomic E-state index is 12.0. The summed E-state index contributed by atoms with van der Waals surface area (Å²) in [5, 5.41) is 7.38. The third-order valence-corrected chi connectivity index (χ3v) is 4.51. The summed E-state index contributed by atoms with van der Waals surface area (Å²) >= 11 is 0. The van der Waals surface area contributed by atoms with Crippen molar-refractivity contribution in [1.29, 1.82) is 0 Å². The summed E-state index contributed by atoms with van der Waals surface area (Å²) in [5.74, 6) is 0.539. The number of aromatic nitrogens is 2. The minimum absolute atomic E-state index is 0.0295. The molecule has 2 aliphatic heterocycles. The Kier molecular flexibility index (Phi) is 3.80. The van der Waals surface area contributed by atoms with Gasteiger partial charge < -0.3 is 5.32 Å². The fourth-order valence-corrected chi connectivity index (χ4v) is 3.13. The smallest absolute Gasteiger partial charge is 0.266 e. The van der Waals surface area contributed by atoms with Crippen molar-refractivity contribution in [2.75, 3.05) is 19.6 Å². The molecule has 0 radical (unpaired) electrons. The highest BCUT2D eigenvalue weighted by Gasteiger charge is 2.38. The number of carbonyl (C=O) groups is 1. The van der Waals surface area contributed by atoms with Crippen molar-refractivity contribution >= 4 is 5.91 Å². The molecule has 0 spiro atoms. The number of hydrogen-bond acceptors (Lipinski definition) is 4. The fourth-order valence-electron chi connectivity index (χ4n) is 3.13. The van der Waals surface area contributed by atoms with Gasteiger partial charge in [-0.3, -0.25) is 14.5 Å². The van der Waals surface area contributed by atoms with Crippen LogP contribution in [0.1, 0.15) is 32.9 Å². The molecule has 3 rings (SSSR count). The first-order valence-corrected chi connectivity index (χ1v) is 7.95. The molecule has 2 aliphatic rings. The van der Waals surface area contributed by atoms with Crippen molar-refractivity contribution in [3.63, 3.8) is 0 Å². The molecule has 0 aliphatic carbocycles. The molecule has 1 aromatic rings. The Bertz CT molecular complexity index is 626. The molecule has 1 N–H and O–H groups in total. The van der Waals surface area contributed by atoms with Crippen LogP contribution in [0.3, 0.4) is 0 Å². The molecule has 6 nitrogen and oxygen atoms in total. The first-order valence-electron chi connectivity index (χ1n) is 7.95. The van der Waals surface area contributed by atoms with Gasteiger partial charge in [0.2, 0.25) is 5.91 Å². The van der Waals surface area contributed by atoms with E-state index in [2.05, 4.69) is 36.1 Å². The Labute approximate surface area is 130 Å². The van der Waals surface area contributed by atoms with Crippen LogP contribution in [0.15, 0.2) is 16.9 Å². The molecule has 120 valence electrons. The van der Waals surface area contributed by atoms with Crippen molar-refractivity contribution in [2.24, 2.45) is 5.92 Å². The van der Waals surface area contributed by atoms with Gasteiger partial charge in [0.15, 0.2) is 0 Å². The quantitative estimate of drug-likeness (QED) is 0.875. The summed E-state index contributed by atoms with van der Waals surface area (Å²) in [5.41, 5.74) is 0.812. The SMILES string of the molecule is CC(C)(C)c1ccc(=O)n(CC2CN(C3CCNC3=O)C2)n1. The van der Waals surface area contributed by atoms with Crippen LogP contribution < -0.4 is 10.9 Å². The summed E-state index contributed by atoms with van der Waals surface area (Å²) in [6.45, 7) is 9.42. The van der Waals surface area contributed by atoms with Crippen LogP contribution in [0.5, 0.6) is 0 Å². The summed E-state index contributed by atoms with van der Waals surface area (Å²) in [4.78, 5) is 25.8. The Hall–Kier alpha value is -1.69. The van der Waals surface area contributed by atoms with Gasteiger partial charge in [-0.05, 0) is 12.5 Å². The highest BCUT2D eigenvalue weighted by atomic mass is 16.2. The van der Waals surface area contributed by atoms with Gasteiger partial charge in [0, 0.05) is 37.0 Å². The van der Waals surface area contributed by atoms with E-state index < -0.39 is 0 Å². The second-order valence-electron chi connectivity index (χ2n) is 7.40. The van der Waals surface area contributed by atoms with E-state index in [1.807, 2.05) is 6.07 Å². The molecule has 0 saturated carbocycles. The Morgan fingerprint density at radius 1 is 1.27 bits per heavy atom. The van der Waals surface area contributed by atoms with Crippen LogP contribution in [0.25, 0.3) is 0 Å². The van der Waals surface area contributed by atoms with E-state index in [-0.39, 0.29) is 22.9 Å². The zero-order valence-corrected chi connectivity index (χ0v) is 13.5. The summed E-state index contributed by atoms with van der Waals surface area (Å²) in [6.07, 6.45) is 0.892. The van der Waals surface area contributed by atoms with Crippen molar-refractivity contribution in [3.8, 4) is 0 Å². The zero-order valence-electron chi connectivity index (χ0n) is 13.5. The first-order chi connectivity index (χ1) is 10.3. The molecule has 2 fully saturated rings. The van der Waals surface area contributed by atoms with Gasteiger partial charge >= 0.3 is 0 Å². The second kappa shape index (κ2) is 5.50. The largest absolute Gasteiger partial charge is 0.355 e. The maximum atomic E-state index is 12.0. The number of hydrogen-bond donors (Lipinski definition) is 1. The molecule has 6 heteroatoms. The van der Waals surface area contributed by atoms with E-state index in [0.717, 1.165) is 31.7 Å². The number of amides is 1. The molecule has 1 aromatic heterocycles. The number of carbonyl (C=O) groups excluding carboxylic acids is 1. The Balaban J connectivity index is 1.63. The van der Waals surface area contributed by atoms with Crippen molar-refractivity contribution in [2.45, 2.75) is 45.2 Å². The summed E-state index contributed by atoms with van der Waals surface area (Å²) in [7, 11) is 0. The van der Waals surface area contributed by atoms with Gasteiger partial charge in [0.1, 0.15) is 0 Å². The number of rotatable bonds is 3. The summed E-state index contributed by atoms with van der Waals surface area (Å²) < 4.78 is 1.58. The van der Waals surface area contributed by atoms with Crippen molar-refractivity contribution in [1.82, 2.24) is 20.0 Å². The number of nitrogens with one attached hydrogen (secondary N) is 1. The normalized spacial score (nSPS) is 23.4. The Morgan fingerprint density at radius 3 is 2.59 bits per heavy atom. The van der Waals surface area contributed by atoms with E-state index in [1.54, 1.807) is 10.7 Å². The monoisotopic (exact) mass is 304 g/mol. The fraction of sp³-hybridized carbons (Fsp3) is 0.688. The van der Waals surface area contributed by atoms with Gasteiger partial charge in [-0.15, -0.1) is 0 Å². The third kappa shape index (κ3) is 2.92. The third-order valence-electron chi connectivity index (χ3n) is 4.51. The molecule has 0 aromatic carbocycles. The minimum Gasteiger partial charge on any atom is -0.355 e. The molecular weight excluding hydrogens is 280 g/mol. The van der Waals surface area contributed by atoms with Gasteiger partial charge in [0.05, 0.1) is 18.3 Å². The molecule has 1 atom stereocenters. The average molecular weight is 304 g/mol. The molecule has 1 amide bonds. The highest BCUT2D eigenvalue weighted by molar-refractivity contribution is 5.83. The van der Waals surface area contributed by atoms with E-state index in [1.165, 1.54) is 0 Å². The lowest BCUT2D eigenvalue weighted by molar-refractivity contribution is -0.126. The predicted octanol–water partition coefficient (Wildman–Crippen LogP) is 0.361. The van der Waals surface area contributed by atoms with Crippen LogP contribution >= 0.6 is 0 Å². The highest BCUT2D eigenvalue weighted by Crippen LogP contribution is 2.23. The van der Waals surface area contributed by atoms with Crippen LogP contribution in [0, 0.1) is 5.92 Å². The standard InChI is InChI=1S/C16H24N4O2/c1-16(2,3)13-4-5-14(21)20(18-13)10-11-8-19(9-11)12-6-7-17-15(12)22/h4-5,11-12H,6-10H2,1-3H3,(H,17,22). The Morgan fingerprint density at radius 2 is 2.00 bits per heavy atom. The van der Waals surface area contributed by atoms with Gasteiger partial charge in [-0.1, -0.05) is 20.8 Å². The van der Waals surface area contributed by atoms with E-state index >= 15 is 0 Å². The lowest BCUT2D eigenvalue weighted by atomic mass is 9.92. The van der Waals surface area contributed by atoms with Gasteiger partial charge in [-0.25, -0.2) is 4.68 Å². The van der Waals surface area contributed by atoms with Crippen LogP contribution in [0.4, 0.5) is 0 Å². The predicted molar refractivity (Wildman–Crippen MR) is 83.7 cm³/mol. The van der Waals surface area contributed by atoms with Crippen LogP contribution in [-0.2, 0) is 16.8 Å². The molecule has 0 bridgehead atoms. The van der Waals surface area contributed by atoms with E-state index in [4.69, 9.17) is 0 Å². The molecule has 2 saturated heterocycles. The number of likely N-dealkylation sites (tertiary alicyclic amines) is 1. The van der Waals surface area contributed by atoms with E-state index in [9.17, 15) is 9.59 Å². The van der Waals surface area contributed by atoms with Gasteiger partial charge in [0.25, 0.3) is 5.56 Å². The lowest BCUT2D eigenvalue weighted by Gasteiger charge is -2.42. The molecule has 22 heavy (non-hydrogen) atoms. The van der Waals surface area contributed by atoms with Gasteiger partial charge in [-0.2, -0.15) is 5.10 Å². The van der Waals surface area contributed by atoms with Crippen LogP contribution in [-0.4, -0.2) is 46.3 Å². The first kappa shape index (κ1) is 15.2. The summed E-state index contributed by atoms with van der Waals surface area (Å²) in [6, 6.07) is 3.45. The van der Waals surface area contributed by atoms with Crippen molar-refractivity contribution in [3.05, 3.63) is 28.2 Å². The lowest BCUT2D eigenvalue weighted by Crippen LogP contribution is -2.56.